The van der Waals surface area contributed by atoms with E-state index in [1.54, 1.807) is 11.9 Å². The molecule has 2 aromatic heterocycles. The van der Waals surface area contributed by atoms with Gasteiger partial charge in [-0.2, -0.15) is 0 Å². The third-order valence-electron chi connectivity index (χ3n) is 6.26. The Kier molecular flexibility index (Phi) is 8.98. The topological polar surface area (TPSA) is 87.2 Å². The first-order valence-electron chi connectivity index (χ1n) is 12.6. The number of rotatable bonds is 11. The van der Waals surface area contributed by atoms with Gasteiger partial charge in [-0.1, -0.05) is 54.2 Å². The lowest BCUT2D eigenvalue weighted by Gasteiger charge is -2.13. The Labute approximate surface area is 222 Å². The number of amides is 2. The summed E-state index contributed by atoms with van der Waals surface area (Å²) < 4.78 is 0.997. The predicted octanol–water partition coefficient (Wildman–Crippen LogP) is 5.59. The molecule has 0 aliphatic heterocycles. The number of aromatic nitrogens is 2. The largest absolute Gasteiger partial charge is 0.324 e. The number of aryl methyl sites for hydroxylation is 1. The van der Waals surface area contributed by atoms with Crippen molar-refractivity contribution >= 4 is 44.2 Å². The van der Waals surface area contributed by atoms with Crippen molar-refractivity contribution in [2.45, 2.75) is 39.0 Å². The van der Waals surface area contributed by atoms with E-state index < -0.39 is 0 Å². The fraction of sp³-hybridized carbons (Fsp3) is 0.310. The minimum absolute atomic E-state index is 0.0782. The molecule has 2 aromatic carbocycles. The van der Waals surface area contributed by atoms with Crippen LogP contribution in [-0.2, 0) is 16.0 Å². The second-order valence-electron chi connectivity index (χ2n) is 9.11. The van der Waals surface area contributed by atoms with Crippen molar-refractivity contribution in [3.63, 3.8) is 0 Å². The maximum Gasteiger partial charge on any atom is 0.228 e. The number of nitrogens with one attached hydrogen (secondary N) is 2. The Morgan fingerprint density at radius 1 is 1.00 bits per heavy atom. The molecule has 0 fully saturated rings. The van der Waals surface area contributed by atoms with Crippen molar-refractivity contribution in [2.24, 2.45) is 0 Å². The first-order valence-corrected chi connectivity index (χ1v) is 13.4. The van der Waals surface area contributed by atoms with Crippen molar-refractivity contribution in [1.82, 2.24) is 15.3 Å². The molecule has 4 aromatic rings. The van der Waals surface area contributed by atoms with Crippen LogP contribution in [0.3, 0.4) is 0 Å². The molecule has 0 atom stereocenters. The van der Waals surface area contributed by atoms with Crippen molar-refractivity contribution in [3.05, 3.63) is 72.1 Å². The minimum Gasteiger partial charge on any atom is -0.324 e. The normalized spacial score (nSPS) is 11.0. The Morgan fingerprint density at radius 3 is 2.59 bits per heavy atom. The van der Waals surface area contributed by atoms with Gasteiger partial charge in [0, 0.05) is 25.2 Å². The number of carbonyl (C=O) groups is 2. The molecule has 0 bridgehead atoms. The fourth-order valence-corrected chi connectivity index (χ4v) is 5.04. The Hall–Kier alpha value is -3.62. The lowest BCUT2D eigenvalue weighted by atomic mass is 10.1. The average molecular weight is 516 g/mol. The second-order valence-corrected chi connectivity index (χ2v) is 10.1. The number of carbonyl (C=O) groups excluding carboxylic acids is 2. The summed E-state index contributed by atoms with van der Waals surface area (Å²) in [6.45, 7) is 2.86. The van der Waals surface area contributed by atoms with Crippen molar-refractivity contribution < 1.29 is 9.59 Å². The molecule has 0 aliphatic rings. The number of benzene rings is 2. The minimum atomic E-state index is -0.0782. The van der Waals surface area contributed by atoms with Gasteiger partial charge in [0.1, 0.15) is 0 Å². The summed E-state index contributed by atoms with van der Waals surface area (Å²) in [7, 11) is 3.74. The molecule has 0 saturated carbocycles. The summed E-state index contributed by atoms with van der Waals surface area (Å²) in [5, 5.41) is 6.84. The highest BCUT2D eigenvalue weighted by Crippen LogP contribution is 2.33. The number of thiazole rings is 1. The van der Waals surface area contributed by atoms with E-state index in [9.17, 15) is 9.59 Å². The first-order chi connectivity index (χ1) is 17.9. The maximum absolute atomic E-state index is 12.6. The molecule has 7 nitrogen and oxygen atoms in total. The van der Waals surface area contributed by atoms with Crippen LogP contribution in [0.25, 0.3) is 21.3 Å². The highest BCUT2D eigenvalue weighted by Gasteiger charge is 2.16. The average Bonchev–Trinajstić information content (AvgIpc) is 3.33. The number of fused-ring (bicyclic) bond motifs is 1. The standard InChI is InChI=1S/C29H33N5O2S/c1-20-25(32-27(35)16-21-10-6-4-7-11-21)17-23(19-31-20)22-13-14-24-26(18-22)37-29(33-24)34(3)28(36)12-8-5-9-15-30-2/h4,6-7,10-11,13-14,17-19,30H,5,8-9,12,15-16H2,1-3H3,(H,32,35). The molecule has 0 radical (unpaired) electrons. The third-order valence-corrected chi connectivity index (χ3v) is 7.35. The Bertz CT molecular complexity index is 1370. The fourth-order valence-electron chi connectivity index (χ4n) is 4.06. The molecule has 37 heavy (non-hydrogen) atoms. The summed E-state index contributed by atoms with van der Waals surface area (Å²) in [6.07, 6.45) is 5.63. The van der Waals surface area contributed by atoms with Crippen molar-refractivity contribution in [3.8, 4) is 11.1 Å². The molecule has 2 amide bonds. The maximum atomic E-state index is 12.6. The Morgan fingerprint density at radius 2 is 1.81 bits per heavy atom. The highest BCUT2D eigenvalue weighted by molar-refractivity contribution is 7.22. The summed E-state index contributed by atoms with van der Waals surface area (Å²) in [5.74, 6) is 0.00731. The van der Waals surface area contributed by atoms with Crippen molar-refractivity contribution in [1.29, 1.82) is 0 Å². The number of anilines is 2. The lowest BCUT2D eigenvalue weighted by molar-refractivity contribution is -0.118. The molecule has 192 valence electrons. The summed E-state index contributed by atoms with van der Waals surface area (Å²) in [4.78, 5) is 36.1. The van der Waals surface area contributed by atoms with Crippen LogP contribution in [0.5, 0.6) is 0 Å². The van der Waals surface area contributed by atoms with Crippen LogP contribution in [0, 0.1) is 6.92 Å². The highest BCUT2D eigenvalue weighted by atomic mass is 32.1. The summed E-state index contributed by atoms with van der Waals surface area (Å²) in [5.41, 5.74) is 5.16. The predicted molar refractivity (Wildman–Crippen MR) is 152 cm³/mol. The van der Waals surface area contributed by atoms with Gasteiger partial charge >= 0.3 is 0 Å². The van der Waals surface area contributed by atoms with E-state index in [2.05, 4.69) is 26.7 Å². The third kappa shape index (κ3) is 6.99. The zero-order valence-corrected chi connectivity index (χ0v) is 22.4. The molecule has 2 heterocycles. The van der Waals surface area contributed by atoms with E-state index in [0.717, 1.165) is 58.4 Å². The van der Waals surface area contributed by atoms with E-state index in [1.165, 1.54) is 11.3 Å². The van der Waals surface area contributed by atoms with Gasteiger partial charge < -0.3 is 10.6 Å². The van der Waals surface area contributed by atoms with E-state index in [4.69, 9.17) is 0 Å². The van der Waals surface area contributed by atoms with Gasteiger partial charge in [-0.3, -0.25) is 19.5 Å². The van der Waals surface area contributed by atoms with Gasteiger partial charge in [0.05, 0.1) is 28.0 Å². The molecule has 0 aliphatic carbocycles. The van der Waals surface area contributed by atoms with E-state index in [-0.39, 0.29) is 11.8 Å². The molecular weight excluding hydrogens is 482 g/mol. The molecule has 2 N–H and O–H groups in total. The number of unbranched alkanes of at least 4 members (excludes halogenated alkanes) is 2. The number of pyridine rings is 1. The van der Waals surface area contributed by atoms with Crippen LogP contribution in [0.15, 0.2) is 60.8 Å². The van der Waals surface area contributed by atoms with Crippen LogP contribution in [0.4, 0.5) is 10.8 Å². The molecule has 8 heteroatoms. The molecule has 0 saturated heterocycles. The molecule has 4 rings (SSSR count). The smallest absolute Gasteiger partial charge is 0.228 e. The van der Waals surface area contributed by atoms with Crippen molar-refractivity contribution in [2.75, 3.05) is 30.9 Å². The van der Waals surface area contributed by atoms with Crippen LogP contribution < -0.4 is 15.5 Å². The monoisotopic (exact) mass is 515 g/mol. The quantitative estimate of drug-likeness (QED) is 0.254. The zero-order chi connectivity index (χ0) is 26.2. The number of hydrogen-bond donors (Lipinski definition) is 2. The van der Waals surface area contributed by atoms with E-state index >= 15 is 0 Å². The molecular formula is C29H33N5O2S. The van der Waals surface area contributed by atoms with Crippen LogP contribution in [-0.4, -0.2) is 42.4 Å². The van der Waals surface area contributed by atoms with Crippen LogP contribution >= 0.6 is 11.3 Å². The first kappa shape index (κ1) is 26.4. The van der Waals surface area contributed by atoms with E-state index in [1.807, 2.05) is 68.7 Å². The number of nitrogens with zero attached hydrogens (tertiary/aromatic N) is 3. The zero-order valence-electron chi connectivity index (χ0n) is 21.6. The van der Waals surface area contributed by atoms with Gasteiger partial charge in [-0.25, -0.2) is 4.98 Å². The van der Waals surface area contributed by atoms with Gasteiger partial charge in [0.25, 0.3) is 0 Å². The van der Waals surface area contributed by atoms with Gasteiger partial charge in [-0.05, 0) is 62.7 Å². The van der Waals surface area contributed by atoms with E-state index in [0.29, 0.717) is 23.7 Å². The number of hydrogen-bond acceptors (Lipinski definition) is 6. The van der Waals surface area contributed by atoms with Crippen LogP contribution in [0.2, 0.25) is 0 Å². The van der Waals surface area contributed by atoms with Gasteiger partial charge in [-0.15, -0.1) is 0 Å². The lowest BCUT2D eigenvalue weighted by Crippen LogP contribution is -2.25. The SMILES string of the molecule is CNCCCCCC(=O)N(C)c1nc2ccc(-c3cnc(C)c(NC(=O)Cc4ccccc4)c3)cc2s1. The van der Waals surface area contributed by atoms with Gasteiger partial charge in [0.15, 0.2) is 5.13 Å². The second kappa shape index (κ2) is 12.6. The molecule has 0 spiro atoms. The van der Waals surface area contributed by atoms with Gasteiger partial charge in [0.2, 0.25) is 11.8 Å². The summed E-state index contributed by atoms with van der Waals surface area (Å²) >= 11 is 1.50. The summed E-state index contributed by atoms with van der Waals surface area (Å²) in [6, 6.07) is 17.7. The van der Waals surface area contributed by atoms with Crippen LogP contribution in [0.1, 0.15) is 36.9 Å². The Balaban J connectivity index is 1.46. The molecule has 0 unspecified atom stereocenters.